The van der Waals surface area contributed by atoms with E-state index < -0.39 is 25.7 Å². The molecular weight excluding hydrogens is 361 g/mol. The lowest BCUT2D eigenvalue weighted by molar-refractivity contribution is -0.0500. The molecule has 2 rings (SSSR count). The highest BCUT2D eigenvalue weighted by atomic mass is 32.3. The van der Waals surface area contributed by atoms with Gasteiger partial charge in [0, 0.05) is 4.90 Å². The highest BCUT2D eigenvalue weighted by Gasteiger charge is 2.49. The van der Waals surface area contributed by atoms with Crippen LogP contribution in [-0.4, -0.2) is 32.7 Å². The zero-order valence-electron chi connectivity index (χ0n) is 13.3. The minimum absolute atomic E-state index is 0.283. The van der Waals surface area contributed by atoms with Crippen LogP contribution in [0.1, 0.15) is 0 Å². The van der Waals surface area contributed by atoms with Crippen LogP contribution in [0, 0.1) is 0 Å². The van der Waals surface area contributed by atoms with Gasteiger partial charge in [-0.3, -0.25) is 0 Å². The highest BCUT2D eigenvalue weighted by Crippen LogP contribution is 2.51. The summed E-state index contributed by atoms with van der Waals surface area (Å²) in [6, 6.07) is 13.8. The summed E-state index contributed by atoms with van der Waals surface area (Å²) in [5.41, 5.74) is -3.80. The Morgan fingerprint density at radius 3 is 1.96 bits per heavy atom. The summed E-state index contributed by atoms with van der Waals surface area (Å²) in [5.74, 6) is -0.283. The van der Waals surface area contributed by atoms with Crippen molar-refractivity contribution in [2.75, 3.05) is 18.8 Å². The van der Waals surface area contributed by atoms with Crippen molar-refractivity contribution >= 4 is 20.1 Å². The Morgan fingerprint density at radius 1 is 0.875 bits per heavy atom. The van der Waals surface area contributed by atoms with Crippen LogP contribution in [0.15, 0.2) is 53.4 Å². The quantitative estimate of drug-likeness (QED) is 0.575. The molecule has 0 aliphatic carbocycles. The van der Waals surface area contributed by atoms with Crippen molar-refractivity contribution in [3.63, 3.8) is 0 Å². The van der Waals surface area contributed by atoms with Crippen LogP contribution in [-0.2, 0) is 10.1 Å². The van der Waals surface area contributed by atoms with E-state index in [-0.39, 0.29) is 5.75 Å². The van der Waals surface area contributed by atoms with Crippen molar-refractivity contribution in [1.29, 1.82) is 0 Å². The predicted octanol–water partition coefficient (Wildman–Crippen LogP) is 4.63. The van der Waals surface area contributed by atoms with Gasteiger partial charge in [-0.1, -0.05) is 36.4 Å². The molecule has 0 N–H and O–H groups in total. The zero-order chi connectivity index (χ0) is 18.2. The maximum absolute atomic E-state index is 12.6. The van der Waals surface area contributed by atoms with E-state index in [4.69, 9.17) is 0 Å². The summed E-state index contributed by atoms with van der Waals surface area (Å²) in [4.78, 5) is 0.455. The van der Waals surface area contributed by atoms with Gasteiger partial charge in [0.2, 0.25) is 0 Å². The third kappa shape index (κ3) is 4.05. The Hall–Kier alpha value is -1.67. The summed E-state index contributed by atoms with van der Waals surface area (Å²) < 4.78 is 64.8. The number of hydrogen-bond donors (Lipinski definition) is 0. The molecular formula is C16H17F3O3S2. The second-order valence-electron chi connectivity index (χ2n) is 5.85. The molecule has 0 aromatic heterocycles. The zero-order valence-corrected chi connectivity index (χ0v) is 14.9. The summed E-state index contributed by atoms with van der Waals surface area (Å²) in [6.45, 7) is 0. The van der Waals surface area contributed by atoms with Crippen LogP contribution in [0.5, 0.6) is 5.75 Å². The minimum atomic E-state index is -5.70. The normalized spacial score (nSPS) is 13.6. The summed E-state index contributed by atoms with van der Waals surface area (Å²) in [7, 11) is -7.24. The molecule has 132 valence electrons. The van der Waals surface area contributed by atoms with Crippen molar-refractivity contribution in [2.45, 2.75) is 10.4 Å². The first-order valence-electron chi connectivity index (χ1n) is 6.80. The van der Waals surface area contributed by atoms with E-state index in [1.165, 1.54) is 6.07 Å². The monoisotopic (exact) mass is 378 g/mol. The number of alkyl halides is 3. The molecule has 0 saturated carbocycles. The molecule has 0 unspecified atom stereocenters. The molecule has 0 aliphatic heterocycles. The van der Waals surface area contributed by atoms with Crippen molar-refractivity contribution in [3.8, 4) is 16.9 Å². The van der Waals surface area contributed by atoms with E-state index >= 15 is 0 Å². The SMILES string of the molecule is CS(C)(C)c1cc(-c2ccccc2)ccc1OS(=O)(=O)C(F)(F)F. The molecule has 3 nitrogen and oxygen atoms in total. The first kappa shape index (κ1) is 18.7. The third-order valence-electron chi connectivity index (χ3n) is 3.19. The van der Waals surface area contributed by atoms with E-state index in [9.17, 15) is 21.6 Å². The number of benzene rings is 2. The van der Waals surface area contributed by atoms with Gasteiger partial charge in [-0.15, -0.1) is 0 Å². The average Bonchev–Trinajstić information content (AvgIpc) is 2.46. The van der Waals surface area contributed by atoms with Gasteiger partial charge < -0.3 is 4.18 Å². The fraction of sp³-hybridized carbons (Fsp3) is 0.250. The summed E-state index contributed by atoms with van der Waals surface area (Å²) in [5, 5.41) is 0. The molecule has 24 heavy (non-hydrogen) atoms. The predicted molar refractivity (Wildman–Crippen MR) is 91.1 cm³/mol. The molecule has 0 amide bonds. The smallest absolute Gasteiger partial charge is 0.375 e. The summed E-state index contributed by atoms with van der Waals surface area (Å²) >= 11 is 0. The van der Waals surface area contributed by atoms with Crippen molar-refractivity contribution in [1.82, 2.24) is 0 Å². The van der Waals surface area contributed by atoms with Crippen molar-refractivity contribution in [3.05, 3.63) is 48.5 Å². The van der Waals surface area contributed by atoms with Crippen LogP contribution in [0.25, 0.3) is 11.1 Å². The lowest BCUT2D eigenvalue weighted by atomic mass is 10.1. The van der Waals surface area contributed by atoms with Gasteiger partial charge >= 0.3 is 15.6 Å². The largest absolute Gasteiger partial charge is 0.534 e. The Bertz CT molecular complexity index is 824. The Labute approximate surface area is 140 Å². The molecule has 0 aliphatic rings. The van der Waals surface area contributed by atoms with Crippen molar-refractivity contribution < 1.29 is 25.8 Å². The van der Waals surface area contributed by atoms with E-state index in [2.05, 4.69) is 4.18 Å². The van der Waals surface area contributed by atoms with Gasteiger partial charge in [0.25, 0.3) is 0 Å². The molecule has 0 radical (unpaired) electrons. The number of halogens is 3. The molecule has 8 heteroatoms. The molecule has 0 saturated heterocycles. The van der Waals surface area contributed by atoms with E-state index in [0.717, 1.165) is 11.1 Å². The van der Waals surface area contributed by atoms with Gasteiger partial charge in [-0.25, -0.2) is 10.0 Å². The maximum atomic E-state index is 12.6. The van der Waals surface area contributed by atoms with Gasteiger partial charge in [0.15, 0.2) is 5.75 Å². The summed E-state index contributed by atoms with van der Waals surface area (Å²) in [6.07, 6.45) is 5.55. The van der Waals surface area contributed by atoms with Crippen LogP contribution < -0.4 is 4.18 Å². The van der Waals surface area contributed by atoms with Gasteiger partial charge in [0.1, 0.15) is 0 Å². The lowest BCUT2D eigenvalue weighted by Gasteiger charge is -2.28. The number of hydrogen-bond acceptors (Lipinski definition) is 3. The maximum Gasteiger partial charge on any atom is 0.534 e. The van der Waals surface area contributed by atoms with Crippen LogP contribution in [0.2, 0.25) is 0 Å². The van der Waals surface area contributed by atoms with E-state index in [1.54, 1.807) is 12.1 Å². The molecule has 0 bridgehead atoms. The first-order chi connectivity index (χ1) is 10.9. The van der Waals surface area contributed by atoms with Gasteiger partial charge in [0.05, 0.1) is 0 Å². The lowest BCUT2D eigenvalue weighted by Crippen LogP contribution is -2.28. The second-order valence-corrected chi connectivity index (χ2v) is 11.5. The van der Waals surface area contributed by atoms with Crippen LogP contribution in [0.3, 0.4) is 0 Å². The molecule has 2 aromatic carbocycles. The Morgan fingerprint density at radius 2 is 1.46 bits per heavy atom. The average molecular weight is 378 g/mol. The van der Waals surface area contributed by atoms with E-state index in [0.29, 0.717) is 4.90 Å². The van der Waals surface area contributed by atoms with Crippen LogP contribution >= 0.6 is 10.0 Å². The minimum Gasteiger partial charge on any atom is -0.375 e. The van der Waals surface area contributed by atoms with Crippen molar-refractivity contribution in [2.24, 2.45) is 0 Å². The van der Waals surface area contributed by atoms with Crippen LogP contribution in [0.4, 0.5) is 13.2 Å². The number of rotatable bonds is 4. The Kier molecular flexibility index (Phi) is 4.92. The topological polar surface area (TPSA) is 43.4 Å². The van der Waals surface area contributed by atoms with Gasteiger partial charge in [-0.2, -0.15) is 21.6 Å². The van der Waals surface area contributed by atoms with E-state index in [1.807, 2.05) is 49.1 Å². The standard InChI is InChI=1S/C16H17F3O3S2/c1-23(2,3)15-11-13(12-7-5-4-6-8-12)9-10-14(15)22-24(20,21)16(17,18)19/h4-11H,1-3H3. The molecule has 0 heterocycles. The molecule has 0 spiro atoms. The fourth-order valence-electron chi connectivity index (χ4n) is 2.03. The second kappa shape index (κ2) is 6.33. The molecule has 0 fully saturated rings. The third-order valence-corrected chi connectivity index (χ3v) is 5.80. The molecule has 2 aromatic rings. The molecule has 0 atom stereocenters. The van der Waals surface area contributed by atoms with Gasteiger partial charge in [-0.05, 0) is 42.0 Å². The first-order valence-corrected chi connectivity index (χ1v) is 11.1. The highest BCUT2D eigenvalue weighted by molar-refractivity contribution is 8.32. The fourth-order valence-corrected chi connectivity index (χ4v) is 3.75. The Balaban J connectivity index is 2.54.